The third-order valence-electron chi connectivity index (χ3n) is 4.99. The standard InChI is InChI=1S/C21H26N2O2/c1-22(16-17-23-14-8-9-15-23)20(24)21(25,18-10-4-2-5-11-18)19-12-6-3-7-13-19/h2-7,10-13,25H,8-9,14-17H2,1H3. The Kier molecular flexibility index (Phi) is 5.51. The van der Waals surface area contributed by atoms with Gasteiger partial charge in [-0.3, -0.25) is 4.79 Å². The van der Waals surface area contributed by atoms with Gasteiger partial charge in [0.25, 0.3) is 5.91 Å². The number of likely N-dealkylation sites (tertiary alicyclic amines) is 1. The fourth-order valence-electron chi connectivity index (χ4n) is 3.45. The van der Waals surface area contributed by atoms with Crippen LogP contribution in [0, 0.1) is 0 Å². The number of carbonyl (C=O) groups excluding carboxylic acids is 1. The maximum atomic E-state index is 13.2. The minimum atomic E-state index is -1.66. The lowest BCUT2D eigenvalue weighted by Gasteiger charge is -2.33. The summed E-state index contributed by atoms with van der Waals surface area (Å²) >= 11 is 0. The molecule has 1 aliphatic heterocycles. The van der Waals surface area contributed by atoms with Gasteiger partial charge >= 0.3 is 0 Å². The van der Waals surface area contributed by atoms with Crippen LogP contribution in [0.4, 0.5) is 0 Å². The van der Waals surface area contributed by atoms with E-state index in [1.54, 1.807) is 36.2 Å². The smallest absolute Gasteiger partial charge is 0.263 e. The van der Waals surface area contributed by atoms with Crippen LogP contribution in [0.1, 0.15) is 24.0 Å². The Morgan fingerprint density at radius 1 is 1.00 bits per heavy atom. The van der Waals surface area contributed by atoms with Crippen molar-refractivity contribution in [1.82, 2.24) is 9.80 Å². The molecule has 132 valence electrons. The highest BCUT2D eigenvalue weighted by Crippen LogP contribution is 2.31. The molecule has 0 unspecified atom stereocenters. The van der Waals surface area contributed by atoms with Crippen molar-refractivity contribution in [3.8, 4) is 0 Å². The zero-order valence-corrected chi connectivity index (χ0v) is 14.8. The summed E-state index contributed by atoms with van der Waals surface area (Å²) in [6, 6.07) is 18.4. The first-order chi connectivity index (χ1) is 12.1. The van der Waals surface area contributed by atoms with Crippen molar-refractivity contribution in [1.29, 1.82) is 0 Å². The van der Waals surface area contributed by atoms with E-state index < -0.39 is 5.60 Å². The average Bonchev–Trinajstić information content (AvgIpc) is 3.20. The van der Waals surface area contributed by atoms with Crippen molar-refractivity contribution in [2.45, 2.75) is 18.4 Å². The second-order valence-corrected chi connectivity index (χ2v) is 6.72. The molecule has 2 aromatic rings. The lowest BCUT2D eigenvalue weighted by Crippen LogP contribution is -2.48. The first kappa shape index (κ1) is 17.6. The lowest BCUT2D eigenvalue weighted by atomic mass is 9.85. The summed E-state index contributed by atoms with van der Waals surface area (Å²) in [7, 11) is 1.77. The second-order valence-electron chi connectivity index (χ2n) is 6.72. The molecule has 4 heteroatoms. The van der Waals surface area contributed by atoms with Crippen molar-refractivity contribution in [3.05, 3.63) is 71.8 Å². The monoisotopic (exact) mass is 338 g/mol. The Labute approximate surface area is 149 Å². The summed E-state index contributed by atoms with van der Waals surface area (Å²) in [6.45, 7) is 3.66. The van der Waals surface area contributed by atoms with Crippen LogP contribution in [-0.2, 0) is 10.4 Å². The lowest BCUT2D eigenvalue weighted by molar-refractivity contribution is -0.146. The minimum absolute atomic E-state index is 0.288. The number of nitrogens with zero attached hydrogens (tertiary/aromatic N) is 2. The van der Waals surface area contributed by atoms with Gasteiger partial charge in [-0.2, -0.15) is 0 Å². The minimum Gasteiger partial charge on any atom is -0.372 e. The van der Waals surface area contributed by atoms with E-state index in [4.69, 9.17) is 0 Å². The highest BCUT2D eigenvalue weighted by molar-refractivity contribution is 5.90. The molecule has 0 aromatic heterocycles. The van der Waals surface area contributed by atoms with Crippen molar-refractivity contribution in [2.24, 2.45) is 0 Å². The van der Waals surface area contributed by atoms with Gasteiger partial charge in [-0.15, -0.1) is 0 Å². The fourth-order valence-corrected chi connectivity index (χ4v) is 3.45. The molecule has 0 atom stereocenters. The van der Waals surface area contributed by atoms with Gasteiger partial charge in [-0.05, 0) is 37.1 Å². The van der Waals surface area contributed by atoms with Gasteiger partial charge in [0.2, 0.25) is 0 Å². The van der Waals surface area contributed by atoms with E-state index in [9.17, 15) is 9.90 Å². The predicted octanol–water partition coefficient (Wildman–Crippen LogP) is 2.48. The summed E-state index contributed by atoms with van der Waals surface area (Å²) in [5.41, 5.74) is -0.471. The fraction of sp³-hybridized carbons (Fsp3) is 0.381. The van der Waals surface area contributed by atoms with Gasteiger partial charge < -0.3 is 14.9 Å². The molecule has 0 saturated carbocycles. The van der Waals surface area contributed by atoms with Crippen molar-refractivity contribution in [2.75, 3.05) is 33.2 Å². The van der Waals surface area contributed by atoms with Crippen LogP contribution >= 0.6 is 0 Å². The van der Waals surface area contributed by atoms with Gasteiger partial charge in [0, 0.05) is 20.1 Å². The van der Waals surface area contributed by atoms with Crippen molar-refractivity contribution in [3.63, 3.8) is 0 Å². The van der Waals surface area contributed by atoms with Crippen LogP contribution in [0.25, 0.3) is 0 Å². The van der Waals surface area contributed by atoms with Gasteiger partial charge in [0.05, 0.1) is 0 Å². The van der Waals surface area contributed by atoms with E-state index in [2.05, 4.69) is 4.90 Å². The highest BCUT2D eigenvalue weighted by atomic mass is 16.3. The Hall–Kier alpha value is -2.17. The summed E-state index contributed by atoms with van der Waals surface area (Å²) in [5.74, 6) is -0.288. The number of benzene rings is 2. The summed E-state index contributed by atoms with van der Waals surface area (Å²) in [4.78, 5) is 17.2. The number of carbonyl (C=O) groups is 1. The summed E-state index contributed by atoms with van der Waals surface area (Å²) in [6.07, 6.45) is 2.46. The Morgan fingerprint density at radius 2 is 1.48 bits per heavy atom. The topological polar surface area (TPSA) is 43.8 Å². The molecule has 1 fully saturated rings. The van der Waals surface area contributed by atoms with Crippen LogP contribution in [0.2, 0.25) is 0 Å². The van der Waals surface area contributed by atoms with Gasteiger partial charge in [0.1, 0.15) is 0 Å². The number of hydrogen-bond acceptors (Lipinski definition) is 3. The first-order valence-corrected chi connectivity index (χ1v) is 8.93. The molecular formula is C21H26N2O2. The van der Waals surface area contributed by atoms with Crippen LogP contribution in [-0.4, -0.2) is 54.0 Å². The molecule has 3 rings (SSSR count). The number of likely N-dealkylation sites (N-methyl/N-ethyl adjacent to an activating group) is 1. The number of amides is 1. The normalized spacial score (nSPS) is 15.3. The molecule has 0 aliphatic carbocycles. The molecule has 4 nitrogen and oxygen atoms in total. The number of rotatable bonds is 6. The van der Waals surface area contributed by atoms with E-state index in [1.807, 2.05) is 36.4 Å². The highest BCUT2D eigenvalue weighted by Gasteiger charge is 2.41. The van der Waals surface area contributed by atoms with Crippen LogP contribution in [0.5, 0.6) is 0 Å². The molecule has 0 bridgehead atoms. The molecule has 0 radical (unpaired) electrons. The zero-order valence-electron chi connectivity index (χ0n) is 14.8. The van der Waals surface area contributed by atoms with E-state index in [0.717, 1.165) is 19.6 Å². The Bertz CT molecular complexity index is 642. The average molecular weight is 338 g/mol. The summed E-state index contributed by atoms with van der Waals surface area (Å²) < 4.78 is 0. The Morgan fingerprint density at radius 3 is 1.96 bits per heavy atom. The molecule has 25 heavy (non-hydrogen) atoms. The van der Waals surface area contributed by atoms with Gasteiger partial charge in [-0.1, -0.05) is 60.7 Å². The molecule has 1 saturated heterocycles. The van der Waals surface area contributed by atoms with E-state index in [0.29, 0.717) is 17.7 Å². The number of aliphatic hydroxyl groups is 1. The van der Waals surface area contributed by atoms with E-state index in [1.165, 1.54) is 12.8 Å². The Balaban J connectivity index is 1.85. The largest absolute Gasteiger partial charge is 0.372 e. The van der Waals surface area contributed by atoms with Gasteiger partial charge in [0.15, 0.2) is 5.60 Å². The van der Waals surface area contributed by atoms with Crippen molar-refractivity contribution < 1.29 is 9.90 Å². The van der Waals surface area contributed by atoms with E-state index in [-0.39, 0.29) is 5.91 Å². The number of hydrogen-bond donors (Lipinski definition) is 1. The molecule has 1 N–H and O–H groups in total. The SMILES string of the molecule is CN(CCN1CCCC1)C(=O)C(O)(c1ccccc1)c1ccccc1. The maximum absolute atomic E-state index is 13.2. The van der Waals surface area contributed by atoms with Crippen LogP contribution in [0.15, 0.2) is 60.7 Å². The molecule has 2 aromatic carbocycles. The van der Waals surface area contributed by atoms with Crippen LogP contribution < -0.4 is 0 Å². The third kappa shape index (κ3) is 3.75. The van der Waals surface area contributed by atoms with Crippen LogP contribution in [0.3, 0.4) is 0 Å². The quantitative estimate of drug-likeness (QED) is 0.880. The molecule has 0 spiro atoms. The maximum Gasteiger partial charge on any atom is 0.263 e. The molecular weight excluding hydrogens is 312 g/mol. The molecule has 1 amide bonds. The van der Waals surface area contributed by atoms with E-state index >= 15 is 0 Å². The van der Waals surface area contributed by atoms with Crippen molar-refractivity contribution >= 4 is 5.91 Å². The predicted molar refractivity (Wildman–Crippen MR) is 99.2 cm³/mol. The first-order valence-electron chi connectivity index (χ1n) is 8.93. The summed E-state index contributed by atoms with van der Waals surface area (Å²) in [5, 5.41) is 11.5. The third-order valence-corrected chi connectivity index (χ3v) is 4.99. The second kappa shape index (κ2) is 7.81. The van der Waals surface area contributed by atoms with Gasteiger partial charge in [-0.25, -0.2) is 0 Å². The molecule has 1 heterocycles. The zero-order chi connectivity index (χ0) is 17.7. The molecule has 1 aliphatic rings.